The van der Waals surface area contributed by atoms with E-state index in [-0.39, 0.29) is 10.8 Å². The molecular weight excluding hydrogens is 274 g/mol. The summed E-state index contributed by atoms with van der Waals surface area (Å²) in [6.07, 6.45) is 1.86. The minimum Gasteiger partial charge on any atom is -0.480 e. The average molecular weight is 289 g/mol. The van der Waals surface area contributed by atoms with E-state index in [4.69, 9.17) is 5.11 Å². The molecule has 1 aliphatic heterocycles. The maximum absolute atomic E-state index is 12.5. The van der Waals surface area contributed by atoms with Gasteiger partial charge in [-0.05, 0) is 43.2 Å². The van der Waals surface area contributed by atoms with Gasteiger partial charge >= 0.3 is 5.97 Å². The molecule has 1 aromatic heterocycles. The summed E-state index contributed by atoms with van der Waals surface area (Å²) in [5, 5.41) is 10.8. The Labute approximate surface area is 110 Å². The van der Waals surface area contributed by atoms with E-state index >= 15 is 0 Å². The Kier molecular flexibility index (Phi) is 3.74. The first-order valence-electron chi connectivity index (χ1n) is 5.73. The third-order valence-corrected chi connectivity index (χ3v) is 6.67. The normalized spacial score (nSPS) is 21.9. The molecule has 0 saturated carbocycles. The minimum absolute atomic E-state index is 0.260. The number of aliphatic carboxylic acids is 1. The molecule has 1 N–H and O–H groups in total. The van der Waals surface area contributed by atoms with Crippen LogP contribution in [0.3, 0.4) is 0 Å². The molecule has 5 nitrogen and oxygen atoms in total. The van der Waals surface area contributed by atoms with Crippen molar-refractivity contribution < 1.29 is 18.3 Å². The first kappa shape index (κ1) is 13.5. The Morgan fingerprint density at radius 3 is 2.78 bits per heavy atom. The van der Waals surface area contributed by atoms with E-state index in [1.807, 2.05) is 0 Å². The Balaban J connectivity index is 2.39. The Hall–Kier alpha value is -0.920. The number of carboxylic acids is 1. The van der Waals surface area contributed by atoms with E-state index in [0.717, 1.165) is 22.1 Å². The van der Waals surface area contributed by atoms with Crippen LogP contribution >= 0.6 is 11.3 Å². The molecule has 0 aromatic carbocycles. The fourth-order valence-electron chi connectivity index (χ4n) is 2.17. The van der Waals surface area contributed by atoms with E-state index < -0.39 is 22.0 Å². The largest absolute Gasteiger partial charge is 0.480 e. The van der Waals surface area contributed by atoms with Crippen molar-refractivity contribution in [1.29, 1.82) is 0 Å². The van der Waals surface area contributed by atoms with E-state index in [9.17, 15) is 13.2 Å². The lowest BCUT2D eigenvalue weighted by molar-refractivity contribution is -0.142. The molecular formula is C11H15NO4S2. The van der Waals surface area contributed by atoms with E-state index in [2.05, 4.69) is 0 Å². The fraction of sp³-hybridized carbons (Fsp3) is 0.545. The maximum Gasteiger partial charge on any atom is 0.322 e. The number of nitrogens with zero attached hydrogens (tertiary/aromatic N) is 1. The van der Waals surface area contributed by atoms with Gasteiger partial charge in [0.1, 0.15) is 10.3 Å². The van der Waals surface area contributed by atoms with Crippen LogP contribution in [-0.2, 0) is 14.8 Å². The SMILES string of the molecule is Cc1ccsc1S(=O)(=O)N1CCCCC1C(=O)O. The fourth-order valence-corrected chi connectivity index (χ4v) is 5.35. The Morgan fingerprint density at radius 1 is 1.50 bits per heavy atom. The number of sulfonamides is 1. The highest BCUT2D eigenvalue weighted by atomic mass is 32.2. The molecule has 0 radical (unpaired) electrons. The quantitative estimate of drug-likeness (QED) is 0.918. The number of carboxylic acid groups (broad SMARTS) is 1. The van der Waals surface area contributed by atoms with Gasteiger partial charge in [-0.25, -0.2) is 8.42 Å². The van der Waals surface area contributed by atoms with Crippen molar-refractivity contribution in [2.24, 2.45) is 0 Å². The molecule has 2 rings (SSSR count). The number of thiophene rings is 1. The monoisotopic (exact) mass is 289 g/mol. The van der Waals surface area contributed by atoms with Gasteiger partial charge < -0.3 is 5.11 Å². The Morgan fingerprint density at radius 2 is 2.22 bits per heavy atom. The van der Waals surface area contributed by atoms with Crippen molar-refractivity contribution in [1.82, 2.24) is 4.31 Å². The summed E-state index contributed by atoms with van der Waals surface area (Å²) < 4.78 is 26.3. The van der Waals surface area contributed by atoms with Gasteiger partial charge in [-0.1, -0.05) is 0 Å². The van der Waals surface area contributed by atoms with Crippen LogP contribution in [0.25, 0.3) is 0 Å². The predicted molar refractivity (Wildman–Crippen MR) is 68.2 cm³/mol. The molecule has 1 fully saturated rings. The molecule has 1 unspecified atom stereocenters. The maximum atomic E-state index is 12.5. The van der Waals surface area contributed by atoms with Crippen molar-refractivity contribution >= 4 is 27.3 Å². The van der Waals surface area contributed by atoms with Crippen LogP contribution in [0, 0.1) is 6.92 Å². The van der Waals surface area contributed by atoms with E-state index in [0.29, 0.717) is 18.4 Å². The number of rotatable bonds is 3. The number of hydrogen-bond donors (Lipinski definition) is 1. The zero-order chi connectivity index (χ0) is 13.3. The molecule has 0 spiro atoms. The van der Waals surface area contributed by atoms with Crippen LogP contribution in [0.1, 0.15) is 24.8 Å². The second-order valence-electron chi connectivity index (χ2n) is 4.36. The Bertz CT molecular complexity index is 549. The molecule has 7 heteroatoms. The highest BCUT2D eigenvalue weighted by Crippen LogP contribution is 2.30. The summed E-state index contributed by atoms with van der Waals surface area (Å²) in [7, 11) is -3.67. The molecule has 1 saturated heterocycles. The van der Waals surface area contributed by atoms with Crippen molar-refractivity contribution in [3.63, 3.8) is 0 Å². The molecule has 1 aliphatic rings. The molecule has 18 heavy (non-hydrogen) atoms. The molecule has 0 aliphatic carbocycles. The van der Waals surface area contributed by atoms with Crippen molar-refractivity contribution in [2.75, 3.05) is 6.54 Å². The van der Waals surface area contributed by atoms with Gasteiger partial charge in [0.15, 0.2) is 0 Å². The molecule has 1 aromatic rings. The zero-order valence-corrected chi connectivity index (χ0v) is 11.6. The van der Waals surface area contributed by atoms with Crippen LogP contribution in [0.15, 0.2) is 15.7 Å². The number of piperidine rings is 1. The van der Waals surface area contributed by atoms with Crippen LogP contribution < -0.4 is 0 Å². The smallest absolute Gasteiger partial charge is 0.322 e. The van der Waals surface area contributed by atoms with Gasteiger partial charge in [0.2, 0.25) is 0 Å². The lowest BCUT2D eigenvalue weighted by atomic mass is 10.1. The summed E-state index contributed by atoms with van der Waals surface area (Å²) in [6, 6.07) is 0.808. The van der Waals surface area contributed by atoms with Crippen LogP contribution in [0.5, 0.6) is 0 Å². The first-order chi connectivity index (χ1) is 8.44. The summed E-state index contributed by atoms with van der Waals surface area (Å²) in [6.45, 7) is 2.01. The van der Waals surface area contributed by atoms with Gasteiger partial charge in [0.05, 0.1) is 0 Å². The predicted octanol–water partition coefficient (Wildman–Crippen LogP) is 1.68. The molecule has 0 bridgehead atoms. The summed E-state index contributed by atoms with van der Waals surface area (Å²) in [5.41, 5.74) is 0.676. The number of hydrogen-bond acceptors (Lipinski definition) is 4. The summed E-state index contributed by atoms with van der Waals surface area (Å²) in [4.78, 5) is 11.2. The van der Waals surface area contributed by atoms with Gasteiger partial charge in [-0.15, -0.1) is 11.3 Å². The number of carbonyl (C=O) groups is 1. The zero-order valence-electron chi connectivity index (χ0n) is 10.00. The highest BCUT2D eigenvalue weighted by Gasteiger charge is 2.38. The summed E-state index contributed by atoms with van der Waals surface area (Å²) >= 11 is 1.14. The minimum atomic E-state index is -3.67. The molecule has 100 valence electrons. The average Bonchev–Trinajstić information content (AvgIpc) is 2.76. The van der Waals surface area contributed by atoms with Gasteiger partial charge in [0.25, 0.3) is 10.0 Å². The van der Waals surface area contributed by atoms with Crippen molar-refractivity contribution in [3.05, 3.63) is 17.0 Å². The van der Waals surface area contributed by atoms with Crippen LogP contribution in [0.4, 0.5) is 0 Å². The second-order valence-corrected chi connectivity index (χ2v) is 7.36. The van der Waals surface area contributed by atoms with Crippen LogP contribution in [0.2, 0.25) is 0 Å². The van der Waals surface area contributed by atoms with Gasteiger partial charge in [-0.3, -0.25) is 4.79 Å². The standard InChI is InChI=1S/C11H15NO4S2/c1-8-5-7-17-11(8)18(15,16)12-6-3-2-4-9(12)10(13)14/h5,7,9H,2-4,6H2,1H3,(H,13,14). The van der Waals surface area contributed by atoms with E-state index in [1.165, 1.54) is 0 Å². The second kappa shape index (κ2) is 4.99. The molecule has 2 heterocycles. The summed E-state index contributed by atoms with van der Waals surface area (Å²) in [5.74, 6) is -1.06. The van der Waals surface area contributed by atoms with Gasteiger partial charge in [-0.2, -0.15) is 4.31 Å². The third kappa shape index (κ3) is 2.30. The van der Waals surface area contributed by atoms with Crippen molar-refractivity contribution in [3.8, 4) is 0 Å². The topological polar surface area (TPSA) is 74.7 Å². The van der Waals surface area contributed by atoms with Crippen molar-refractivity contribution in [2.45, 2.75) is 36.4 Å². The van der Waals surface area contributed by atoms with Crippen LogP contribution in [-0.4, -0.2) is 36.4 Å². The molecule has 0 amide bonds. The van der Waals surface area contributed by atoms with Gasteiger partial charge in [0, 0.05) is 6.54 Å². The first-order valence-corrected chi connectivity index (χ1v) is 8.05. The third-order valence-electron chi connectivity index (χ3n) is 3.10. The molecule has 1 atom stereocenters. The lowest BCUT2D eigenvalue weighted by Gasteiger charge is -2.31. The number of aryl methyl sites for hydroxylation is 1. The van der Waals surface area contributed by atoms with E-state index in [1.54, 1.807) is 18.4 Å². The highest BCUT2D eigenvalue weighted by molar-refractivity contribution is 7.91. The lowest BCUT2D eigenvalue weighted by Crippen LogP contribution is -2.47.